The number of rotatable bonds is 3. The first-order valence-corrected chi connectivity index (χ1v) is 6.81. The van der Waals surface area contributed by atoms with E-state index in [-0.39, 0.29) is 6.04 Å². The van der Waals surface area contributed by atoms with Gasteiger partial charge >= 0.3 is 0 Å². The standard InChI is InChI=1S/C13H13ClINO/c1-8(16)6-10-3-5-13(17-10)11-7-9(15)2-4-12(11)14/h2-5,7-8H,6,16H2,1H3. The molecule has 1 unspecified atom stereocenters. The second-order valence-electron chi connectivity index (χ2n) is 4.07. The van der Waals surface area contributed by atoms with E-state index in [2.05, 4.69) is 22.6 Å². The van der Waals surface area contributed by atoms with Crippen LogP contribution in [0.4, 0.5) is 0 Å². The Morgan fingerprint density at radius 3 is 2.82 bits per heavy atom. The monoisotopic (exact) mass is 361 g/mol. The van der Waals surface area contributed by atoms with Crippen LogP contribution in [0.25, 0.3) is 11.3 Å². The summed E-state index contributed by atoms with van der Waals surface area (Å²) in [5.41, 5.74) is 6.66. The molecule has 0 fully saturated rings. The molecule has 1 aromatic heterocycles. The van der Waals surface area contributed by atoms with Gasteiger partial charge in [-0.3, -0.25) is 0 Å². The molecule has 17 heavy (non-hydrogen) atoms. The zero-order chi connectivity index (χ0) is 12.4. The van der Waals surface area contributed by atoms with Crippen molar-refractivity contribution in [1.29, 1.82) is 0 Å². The molecule has 0 aliphatic rings. The lowest BCUT2D eigenvalue weighted by atomic mass is 10.2. The highest BCUT2D eigenvalue weighted by molar-refractivity contribution is 14.1. The molecule has 4 heteroatoms. The summed E-state index contributed by atoms with van der Waals surface area (Å²) >= 11 is 8.41. The third kappa shape index (κ3) is 3.24. The Morgan fingerprint density at radius 1 is 1.35 bits per heavy atom. The van der Waals surface area contributed by atoms with Crippen molar-refractivity contribution in [2.75, 3.05) is 0 Å². The predicted molar refractivity (Wildman–Crippen MR) is 79.2 cm³/mol. The first kappa shape index (κ1) is 12.9. The molecule has 2 nitrogen and oxygen atoms in total. The smallest absolute Gasteiger partial charge is 0.135 e. The van der Waals surface area contributed by atoms with E-state index >= 15 is 0 Å². The van der Waals surface area contributed by atoms with E-state index in [0.29, 0.717) is 5.02 Å². The van der Waals surface area contributed by atoms with E-state index in [1.165, 1.54) is 0 Å². The van der Waals surface area contributed by atoms with Gasteiger partial charge in [-0.1, -0.05) is 11.6 Å². The van der Waals surface area contributed by atoms with Crippen LogP contribution < -0.4 is 5.73 Å². The highest BCUT2D eigenvalue weighted by Crippen LogP contribution is 2.31. The molecule has 0 spiro atoms. The molecule has 0 saturated carbocycles. The Bertz CT molecular complexity index is 522. The Kier molecular flexibility index (Phi) is 4.12. The third-order valence-electron chi connectivity index (χ3n) is 2.38. The van der Waals surface area contributed by atoms with Crippen LogP contribution >= 0.6 is 34.2 Å². The van der Waals surface area contributed by atoms with Gasteiger partial charge in [0.1, 0.15) is 11.5 Å². The van der Waals surface area contributed by atoms with E-state index in [1.807, 2.05) is 37.3 Å². The van der Waals surface area contributed by atoms with Gasteiger partial charge in [-0.05, 0) is 59.8 Å². The van der Waals surface area contributed by atoms with Crippen molar-refractivity contribution in [3.05, 3.63) is 44.7 Å². The molecule has 2 rings (SSSR count). The highest BCUT2D eigenvalue weighted by Gasteiger charge is 2.10. The average molecular weight is 362 g/mol. The normalized spacial score (nSPS) is 12.7. The summed E-state index contributed by atoms with van der Waals surface area (Å²) in [5.74, 6) is 1.69. The Morgan fingerprint density at radius 2 is 2.12 bits per heavy atom. The van der Waals surface area contributed by atoms with Crippen LogP contribution in [-0.2, 0) is 6.42 Å². The second kappa shape index (κ2) is 5.42. The Labute approximate surface area is 119 Å². The molecule has 0 aliphatic carbocycles. The van der Waals surface area contributed by atoms with Crippen LogP contribution in [0.1, 0.15) is 12.7 Å². The summed E-state index contributed by atoms with van der Waals surface area (Å²) < 4.78 is 6.88. The Balaban J connectivity index is 2.33. The molecule has 0 aliphatic heterocycles. The second-order valence-corrected chi connectivity index (χ2v) is 5.72. The third-order valence-corrected chi connectivity index (χ3v) is 3.38. The fourth-order valence-electron chi connectivity index (χ4n) is 1.64. The summed E-state index contributed by atoms with van der Waals surface area (Å²) in [6.07, 6.45) is 0.738. The van der Waals surface area contributed by atoms with Gasteiger partial charge in [-0.2, -0.15) is 0 Å². The van der Waals surface area contributed by atoms with E-state index in [0.717, 1.165) is 27.1 Å². The molecule has 1 atom stereocenters. The van der Waals surface area contributed by atoms with Crippen molar-refractivity contribution >= 4 is 34.2 Å². The Hall–Kier alpha value is -0.520. The SMILES string of the molecule is CC(N)Cc1ccc(-c2cc(I)ccc2Cl)o1. The topological polar surface area (TPSA) is 39.2 Å². The minimum atomic E-state index is 0.0976. The largest absolute Gasteiger partial charge is 0.461 e. The fraction of sp³-hybridized carbons (Fsp3) is 0.231. The van der Waals surface area contributed by atoms with Crippen molar-refractivity contribution in [1.82, 2.24) is 0 Å². The van der Waals surface area contributed by atoms with Gasteiger partial charge in [0.15, 0.2) is 0 Å². The summed E-state index contributed by atoms with van der Waals surface area (Å²) in [4.78, 5) is 0. The van der Waals surface area contributed by atoms with Crippen molar-refractivity contribution < 1.29 is 4.42 Å². The van der Waals surface area contributed by atoms with Crippen LogP contribution in [0.2, 0.25) is 5.02 Å². The summed E-state index contributed by atoms with van der Waals surface area (Å²) in [5, 5.41) is 0.701. The summed E-state index contributed by atoms with van der Waals surface area (Å²) in [6, 6.07) is 9.85. The first-order valence-electron chi connectivity index (χ1n) is 5.36. The number of benzene rings is 1. The van der Waals surface area contributed by atoms with Crippen molar-refractivity contribution in [2.24, 2.45) is 5.73 Å². The highest BCUT2D eigenvalue weighted by atomic mass is 127. The van der Waals surface area contributed by atoms with E-state index in [1.54, 1.807) is 0 Å². The van der Waals surface area contributed by atoms with Crippen LogP contribution in [0.3, 0.4) is 0 Å². The van der Waals surface area contributed by atoms with Crippen molar-refractivity contribution in [2.45, 2.75) is 19.4 Å². The van der Waals surface area contributed by atoms with Crippen LogP contribution in [-0.4, -0.2) is 6.04 Å². The maximum Gasteiger partial charge on any atom is 0.135 e. The van der Waals surface area contributed by atoms with Crippen LogP contribution in [0.15, 0.2) is 34.7 Å². The quantitative estimate of drug-likeness (QED) is 0.836. The zero-order valence-corrected chi connectivity index (χ0v) is 12.3. The van der Waals surface area contributed by atoms with Gasteiger partial charge < -0.3 is 10.2 Å². The van der Waals surface area contributed by atoms with E-state index in [9.17, 15) is 0 Å². The van der Waals surface area contributed by atoms with E-state index in [4.69, 9.17) is 21.8 Å². The molecule has 0 bridgehead atoms. The molecule has 0 saturated heterocycles. The van der Waals surface area contributed by atoms with Gasteiger partial charge in [0, 0.05) is 21.6 Å². The summed E-state index contributed by atoms with van der Waals surface area (Å²) in [7, 11) is 0. The van der Waals surface area contributed by atoms with Gasteiger partial charge in [0.05, 0.1) is 5.02 Å². The molecule has 1 aromatic carbocycles. The number of hydrogen-bond acceptors (Lipinski definition) is 2. The van der Waals surface area contributed by atoms with Crippen molar-refractivity contribution in [3.63, 3.8) is 0 Å². The van der Waals surface area contributed by atoms with Gasteiger partial charge in [0.2, 0.25) is 0 Å². The maximum absolute atomic E-state index is 6.16. The average Bonchev–Trinajstić information content (AvgIpc) is 2.69. The fourth-order valence-corrected chi connectivity index (χ4v) is 2.34. The lowest BCUT2D eigenvalue weighted by molar-refractivity contribution is 0.503. The van der Waals surface area contributed by atoms with Crippen molar-refractivity contribution in [3.8, 4) is 11.3 Å². The molecule has 2 aromatic rings. The molecular weight excluding hydrogens is 349 g/mol. The first-order chi connectivity index (χ1) is 8.06. The molecule has 0 radical (unpaired) electrons. The summed E-state index contributed by atoms with van der Waals surface area (Å²) in [6.45, 7) is 1.96. The number of nitrogens with two attached hydrogens (primary N) is 1. The number of hydrogen-bond donors (Lipinski definition) is 1. The van der Waals surface area contributed by atoms with Crippen LogP contribution in [0, 0.1) is 3.57 Å². The number of halogens is 2. The molecular formula is C13H13ClINO. The van der Waals surface area contributed by atoms with Gasteiger partial charge in [-0.15, -0.1) is 0 Å². The van der Waals surface area contributed by atoms with Gasteiger partial charge in [-0.25, -0.2) is 0 Å². The predicted octanol–water partition coefficient (Wildman–Crippen LogP) is 4.09. The molecule has 0 amide bonds. The number of furan rings is 1. The zero-order valence-electron chi connectivity index (χ0n) is 9.41. The molecule has 1 heterocycles. The molecule has 90 valence electrons. The van der Waals surface area contributed by atoms with Crippen LogP contribution in [0.5, 0.6) is 0 Å². The lowest BCUT2D eigenvalue weighted by Gasteiger charge is -2.03. The minimum Gasteiger partial charge on any atom is -0.461 e. The maximum atomic E-state index is 6.16. The molecule has 2 N–H and O–H groups in total. The lowest BCUT2D eigenvalue weighted by Crippen LogP contribution is -2.17. The minimum absolute atomic E-state index is 0.0976. The van der Waals surface area contributed by atoms with Gasteiger partial charge in [0.25, 0.3) is 0 Å². The van der Waals surface area contributed by atoms with E-state index < -0.39 is 0 Å².